The highest BCUT2D eigenvalue weighted by Crippen LogP contribution is 2.23. The van der Waals surface area contributed by atoms with E-state index in [1.165, 1.54) is 11.6 Å². The topological polar surface area (TPSA) is 85.4 Å². The van der Waals surface area contributed by atoms with Crippen molar-refractivity contribution in [3.63, 3.8) is 0 Å². The number of fused-ring (bicyclic) bond motifs is 1. The summed E-state index contributed by atoms with van der Waals surface area (Å²) in [6.45, 7) is 2.64. The molecule has 0 aliphatic carbocycles. The first-order chi connectivity index (χ1) is 17.4. The fourth-order valence-electron chi connectivity index (χ4n) is 4.56. The average molecular weight is 485 g/mol. The molecule has 184 valence electrons. The molecular formula is C27H28N6O3. The van der Waals surface area contributed by atoms with Crippen LogP contribution in [0.2, 0.25) is 0 Å². The molecule has 0 spiro atoms. The van der Waals surface area contributed by atoms with Gasteiger partial charge in [0.15, 0.2) is 11.2 Å². The number of hydrogen-bond donors (Lipinski definition) is 0. The summed E-state index contributed by atoms with van der Waals surface area (Å²) in [7, 11) is 3.11. The van der Waals surface area contributed by atoms with Crippen molar-refractivity contribution in [2.75, 3.05) is 31.1 Å². The van der Waals surface area contributed by atoms with Crippen molar-refractivity contribution in [3.8, 4) is 0 Å². The first kappa shape index (κ1) is 23.3. The molecule has 0 unspecified atom stereocenters. The number of anilines is 1. The summed E-state index contributed by atoms with van der Waals surface area (Å²) < 4.78 is 4.42. The summed E-state index contributed by atoms with van der Waals surface area (Å²) in [5.41, 5.74) is 1.97. The van der Waals surface area contributed by atoms with Gasteiger partial charge in [0.05, 0.1) is 6.54 Å². The Labute approximate surface area is 208 Å². The van der Waals surface area contributed by atoms with Crippen molar-refractivity contribution in [3.05, 3.63) is 98.7 Å². The number of imidazole rings is 1. The second kappa shape index (κ2) is 9.69. The Bertz CT molecular complexity index is 1540. The number of carbonyl (C=O) groups is 1. The number of hydrogen-bond acceptors (Lipinski definition) is 5. The number of aryl methyl sites for hydroxylation is 1. The third-order valence-electron chi connectivity index (χ3n) is 6.60. The quantitative estimate of drug-likeness (QED) is 0.404. The third kappa shape index (κ3) is 4.35. The fraction of sp³-hybridized carbons (Fsp3) is 0.259. The van der Waals surface area contributed by atoms with E-state index in [0.29, 0.717) is 49.8 Å². The van der Waals surface area contributed by atoms with Gasteiger partial charge in [-0.3, -0.25) is 23.3 Å². The van der Waals surface area contributed by atoms with Crippen LogP contribution in [0.25, 0.3) is 17.2 Å². The van der Waals surface area contributed by atoms with E-state index >= 15 is 0 Å². The van der Waals surface area contributed by atoms with Crippen molar-refractivity contribution >= 4 is 29.1 Å². The lowest BCUT2D eigenvalue weighted by Crippen LogP contribution is -2.49. The van der Waals surface area contributed by atoms with Crippen LogP contribution in [-0.2, 0) is 25.4 Å². The van der Waals surface area contributed by atoms with Crippen LogP contribution in [0.1, 0.15) is 11.1 Å². The number of amides is 1. The van der Waals surface area contributed by atoms with E-state index in [0.717, 1.165) is 15.7 Å². The minimum Gasteiger partial charge on any atom is -0.339 e. The van der Waals surface area contributed by atoms with E-state index in [1.54, 1.807) is 13.1 Å². The van der Waals surface area contributed by atoms with Gasteiger partial charge >= 0.3 is 5.69 Å². The van der Waals surface area contributed by atoms with E-state index in [2.05, 4.69) is 4.90 Å². The molecule has 4 aromatic rings. The van der Waals surface area contributed by atoms with Gasteiger partial charge in [-0.15, -0.1) is 0 Å². The highest BCUT2D eigenvalue weighted by atomic mass is 16.2. The van der Waals surface area contributed by atoms with E-state index in [-0.39, 0.29) is 11.5 Å². The highest BCUT2D eigenvalue weighted by Gasteiger charge is 2.26. The maximum absolute atomic E-state index is 13.1. The normalized spacial score (nSPS) is 14.2. The van der Waals surface area contributed by atoms with Crippen molar-refractivity contribution in [1.29, 1.82) is 0 Å². The highest BCUT2D eigenvalue weighted by molar-refractivity contribution is 5.92. The molecule has 9 nitrogen and oxygen atoms in total. The third-order valence-corrected chi connectivity index (χ3v) is 6.60. The average Bonchev–Trinajstić information content (AvgIpc) is 3.29. The molecule has 0 bridgehead atoms. The molecule has 1 aliphatic heterocycles. The molecule has 36 heavy (non-hydrogen) atoms. The first-order valence-corrected chi connectivity index (χ1v) is 11.9. The molecular weight excluding hydrogens is 456 g/mol. The van der Waals surface area contributed by atoms with Crippen LogP contribution in [0.4, 0.5) is 5.95 Å². The molecule has 0 saturated carbocycles. The van der Waals surface area contributed by atoms with Crippen molar-refractivity contribution in [2.24, 2.45) is 14.1 Å². The molecule has 0 N–H and O–H groups in total. The Morgan fingerprint density at radius 2 is 1.53 bits per heavy atom. The molecule has 2 aromatic carbocycles. The van der Waals surface area contributed by atoms with Gasteiger partial charge in [0.25, 0.3) is 5.56 Å². The zero-order valence-electron chi connectivity index (χ0n) is 20.4. The first-order valence-electron chi connectivity index (χ1n) is 11.9. The van der Waals surface area contributed by atoms with E-state index in [1.807, 2.05) is 76.2 Å². The van der Waals surface area contributed by atoms with Crippen LogP contribution in [-0.4, -0.2) is 55.7 Å². The molecule has 0 radical (unpaired) electrons. The Morgan fingerprint density at radius 3 is 2.19 bits per heavy atom. The zero-order chi connectivity index (χ0) is 25.2. The summed E-state index contributed by atoms with van der Waals surface area (Å²) >= 11 is 0. The SMILES string of the molecule is Cn1c(=O)c2c(nc(N3CCN(C(=O)/C=C/c4ccccc4)CC3)n2Cc2ccccc2)n(C)c1=O. The van der Waals surface area contributed by atoms with Crippen molar-refractivity contribution < 1.29 is 4.79 Å². The minimum absolute atomic E-state index is 0.0347. The zero-order valence-corrected chi connectivity index (χ0v) is 20.4. The molecule has 9 heteroatoms. The molecule has 5 rings (SSSR count). The predicted octanol–water partition coefficient (Wildman–Crippen LogP) is 1.84. The van der Waals surface area contributed by atoms with Gasteiger partial charge in [0, 0.05) is 46.4 Å². The molecule has 2 aromatic heterocycles. The van der Waals surface area contributed by atoms with Gasteiger partial charge in [-0.1, -0.05) is 60.7 Å². The number of nitrogens with zero attached hydrogens (tertiary/aromatic N) is 6. The molecule has 3 heterocycles. The summed E-state index contributed by atoms with van der Waals surface area (Å²) in [4.78, 5) is 47.1. The number of aromatic nitrogens is 4. The fourth-order valence-corrected chi connectivity index (χ4v) is 4.56. The van der Waals surface area contributed by atoms with E-state index in [9.17, 15) is 14.4 Å². The van der Waals surface area contributed by atoms with Gasteiger partial charge in [-0.2, -0.15) is 4.98 Å². The van der Waals surface area contributed by atoms with Gasteiger partial charge in [-0.25, -0.2) is 4.79 Å². The van der Waals surface area contributed by atoms with E-state index < -0.39 is 5.69 Å². The van der Waals surface area contributed by atoms with Crippen LogP contribution in [0, 0.1) is 0 Å². The largest absolute Gasteiger partial charge is 0.339 e. The van der Waals surface area contributed by atoms with Gasteiger partial charge in [-0.05, 0) is 17.2 Å². The lowest BCUT2D eigenvalue weighted by molar-refractivity contribution is -0.126. The smallest absolute Gasteiger partial charge is 0.332 e. The molecule has 0 atom stereocenters. The summed E-state index contributed by atoms with van der Waals surface area (Å²) in [6.07, 6.45) is 3.43. The Kier molecular flexibility index (Phi) is 6.28. The van der Waals surface area contributed by atoms with Crippen molar-refractivity contribution in [2.45, 2.75) is 6.54 Å². The second-order valence-corrected chi connectivity index (χ2v) is 8.92. The van der Waals surface area contributed by atoms with Gasteiger partial charge in [0.2, 0.25) is 11.9 Å². The van der Waals surface area contributed by atoms with Crippen LogP contribution < -0.4 is 16.1 Å². The Hall–Kier alpha value is -4.40. The summed E-state index contributed by atoms with van der Waals surface area (Å²) in [5, 5.41) is 0. The molecule has 1 fully saturated rings. The number of carbonyl (C=O) groups excluding carboxylic acids is 1. The lowest BCUT2D eigenvalue weighted by Gasteiger charge is -2.35. The van der Waals surface area contributed by atoms with Crippen LogP contribution in [0.5, 0.6) is 0 Å². The molecule has 1 amide bonds. The predicted molar refractivity (Wildman–Crippen MR) is 140 cm³/mol. The standard InChI is InChI=1S/C27H28N6O3/c1-29-24-23(25(35)30(2)27(29)36)33(19-21-11-7-4-8-12-21)26(28-24)32-17-15-31(16-18-32)22(34)14-13-20-9-5-3-6-10-20/h3-14H,15-19H2,1-2H3/b14-13+. The second-order valence-electron chi connectivity index (χ2n) is 8.92. The van der Waals surface area contributed by atoms with Crippen LogP contribution >= 0.6 is 0 Å². The summed E-state index contributed by atoms with van der Waals surface area (Å²) in [5.74, 6) is 0.589. The Balaban J connectivity index is 1.44. The Morgan fingerprint density at radius 1 is 0.889 bits per heavy atom. The van der Waals surface area contributed by atoms with E-state index in [4.69, 9.17) is 4.98 Å². The van der Waals surface area contributed by atoms with Gasteiger partial charge < -0.3 is 9.80 Å². The maximum atomic E-state index is 13.1. The van der Waals surface area contributed by atoms with Crippen molar-refractivity contribution in [1.82, 2.24) is 23.6 Å². The monoisotopic (exact) mass is 484 g/mol. The lowest BCUT2D eigenvalue weighted by atomic mass is 10.2. The number of benzene rings is 2. The van der Waals surface area contributed by atoms with Crippen LogP contribution in [0.15, 0.2) is 76.3 Å². The molecule has 1 saturated heterocycles. The van der Waals surface area contributed by atoms with Crippen LogP contribution in [0.3, 0.4) is 0 Å². The molecule has 1 aliphatic rings. The van der Waals surface area contributed by atoms with Gasteiger partial charge in [0.1, 0.15) is 0 Å². The maximum Gasteiger partial charge on any atom is 0.332 e. The number of rotatable bonds is 5. The number of piperazine rings is 1. The summed E-state index contributed by atoms with van der Waals surface area (Å²) in [6, 6.07) is 19.6. The minimum atomic E-state index is -0.413.